The molecule has 1 aliphatic heterocycles. The Morgan fingerprint density at radius 1 is 0.871 bits per heavy atom. The Balaban J connectivity index is 3.22. The Morgan fingerprint density at radius 2 is 1.35 bits per heavy atom. The van der Waals surface area contributed by atoms with Crippen molar-refractivity contribution in [1.29, 1.82) is 0 Å². The van der Waals surface area contributed by atoms with E-state index in [0.29, 0.717) is 26.4 Å². The summed E-state index contributed by atoms with van der Waals surface area (Å²) in [5.41, 5.74) is 0. The third kappa shape index (κ3) is 8.57. The molecule has 0 radical (unpaired) electrons. The van der Waals surface area contributed by atoms with Gasteiger partial charge in [0, 0.05) is 0 Å². The van der Waals surface area contributed by atoms with Gasteiger partial charge in [-0.2, -0.15) is 0 Å². The van der Waals surface area contributed by atoms with Gasteiger partial charge in [0.15, 0.2) is 14.6 Å². The molecule has 0 amide bonds. The molecule has 1 rings (SSSR count). The Bertz CT molecular complexity index is 557. The van der Waals surface area contributed by atoms with Crippen molar-refractivity contribution in [3.8, 4) is 0 Å². The smallest absolute Gasteiger partial charge is 0.192 e. The van der Waals surface area contributed by atoms with Crippen LogP contribution in [0.5, 0.6) is 0 Å². The minimum absolute atomic E-state index is 0.0486. The van der Waals surface area contributed by atoms with Gasteiger partial charge in [0.05, 0.1) is 32.5 Å². The predicted molar refractivity (Wildman–Crippen MR) is 128 cm³/mol. The summed E-state index contributed by atoms with van der Waals surface area (Å²) in [6.45, 7) is 27.8. The molecule has 0 N–H and O–H groups in total. The molecular formula is C24H44O6Si. The standard InChI is InChI=1S/C24H44O6Si/c1-11-14-25-20-19(17-28-31(9,10)24(6,7)8)30-23(29-18(4)5)22(27-16-13-3)21(20)26-15-12-2/h11-13,18-23H,1-3,14-17H2,4-10H3/t19-,20-,21+,22-,23?/m1/s1. The van der Waals surface area contributed by atoms with Gasteiger partial charge in [-0.15, -0.1) is 19.7 Å². The molecule has 5 atom stereocenters. The Kier molecular flexibility index (Phi) is 11.9. The van der Waals surface area contributed by atoms with E-state index in [0.717, 1.165) is 0 Å². The van der Waals surface area contributed by atoms with Gasteiger partial charge in [-0.25, -0.2) is 0 Å². The molecule has 0 spiro atoms. The number of hydrogen-bond donors (Lipinski definition) is 0. The predicted octanol–water partition coefficient (Wildman–Crippen LogP) is 4.87. The van der Waals surface area contributed by atoms with Gasteiger partial charge >= 0.3 is 0 Å². The Labute approximate surface area is 190 Å². The van der Waals surface area contributed by atoms with Gasteiger partial charge in [-0.1, -0.05) is 39.0 Å². The summed E-state index contributed by atoms with van der Waals surface area (Å²) in [5.74, 6) is 0. The van der Waals surface area contributed by atoms with Crippen LogP contribution in [-0.2, 0) is 28.1 Å². The van der Waals surface area contributed by atoms with Gasteiger partial charge < -0.3 is 28.1 Å². The summed E-state index contributed by atoms with van der Waals surface area (Å²) in [7, 11) is -1.99. The van der Waals surface area contributed by atoms with Crippen LogP contribution in [0.4, 0.5) is 0 Å². The number of rotatable bonds is 14. The second-order valence-corrected chi connectivity index (χ2v) is 14.4. The van der Waals surface area contributed by atoms with Crippen molar-refractivity contribution in [2.24, 2.45) is 0 Å². The van der Waals surface area contributed by atoms with Gasteiger partial charge in [-0.3, -0.25) is 0 Å². The normalized spacial score (nSPS) is 27.3. The van der Waals surface area contributed by atoms with Crippen LogP contribution in [0.3, 0.4) is 0 Å². The van der Waals surface area contributed by atoms with Crippen molar-refractivity contribution >= 4 is 8.32 Å². The van der Waals surface area contributed by atoms with Crippen LogP contribution in [0.2, 0.25) is 18.1 Å². The minimum Gasteiger partial charge on any atom is -0.414 e. The zero-order chi connectivity index (χ0) is 23.7. The highest BCUT2D eigenvalue weighted by Gasteiger charge is 2.50. The van der Waals surface area contributed by atoms with Gasteiger partial charge in [0.1, 0.15) is 24.4 Å². The van der Waals surface area contributed by atoms with Gasteiger partial charge in [0.25, 0.3) is 0 Å². The van der Waals surface area contributed by atoms with Crippen molar-refractivity contribution in [3.05, 3.63) is 38.0 Å². The summed E-state index contributed by atoms with van der Waals surface area (Å²) in [4.78, 5) is 0. The molecule has 7 heteroatoms. The fraction of sp³-hybridized carbons (Fsp3) is 0.750. The van der Waals surface area contributed by atoms with E-state index < -0.39 is 32.9 Å². The molecule has 0 aromatic heterocycles. The average molecular weight is 457 g/mol. The van der Waals surface area contributed by atoms with E-state index in [2.05, 4.69) is 53.6 Å². The molecule has 0 aromatic rings. The highest BCUT2D eigenvalue weighted by molar-refractivity contribution is 6.74. The molecule has 1 heterocycles. The van der Waals surface area contributed by atoms with E-state index in [1.165, 1.54) is 0 Å². The first-order valence-electron chi connectivity index (χ1n) is 11.1. The third-order valence-electron chi connectivity index (χ3n) is 5.63. The molecular weight excluding hydrogens is 412 g/mol. The fourth-order valence-corrected chi connectivity index (χ4v) is 4.02. The Hall–Kier alpha value is -0.803. The fourth-order valence-electron chi connectivity index (χ4n) is 3.00. The van der Waals surface area contributed by atoms with Crippen LogP contribution in [0.25, 0.3) is 0 Å². The highest BCUT2D eigenvalue weighted by Crippen LogP contribution is 2.38. The second-order valence-electron chi connectivity index (χ2n) is 9.56. The molecule has 0 aliphatic carbocycles. The van der Waals surface area contributed by atoms with Crippen molar-refractivity contribution < 1.29 is 28.1 Å². The zero-order valence-electron chi connectivity index (χ0n) is 20.6. The van der Waals surface area contributed by atoms with Crippen LogP contribution < -0.4 is 0 Å². The first-order chi connectivity index (χ1) is 14.5. The van der Waals surface area contributed by atoms with Crippen molar-refractivity contribution in [2.45, 2.75) is 89.6 Å². The highest BCUT2D eigenvalue weighted by atomic mass is 28.4. The zero-order valence-corrected chi connectivity index (χ0v) is 21.6. The molecule has 1 aliphatic rings. The molecule has 180 valence electrons. The maximum absolute atomic E-state index is 6.49. The Morgan fingerprint density at radius 3 is 1.81 bits per heavy atom. The topological polar surface area (TPSA) is 55.4 Å². The first-order valence-corrected chi connectivity index (χ1v) is 14.0. The van der Waals surface area contributed by atoms with E-state index in [4.69, 9.17) is 28.1 Å². The molecule has 0 saturated carbocycles. The van der Waals surface area contributed by atoms with Crippen molar-refractivity contribution in [2.75, 3.05) is 26.4 Å². The van der Waals surface area contributed by atoms with E-state index >= 15 is 0 Å². The van der Waals surface area contributed by atoms with Crippen LogP contribution in [-0.4, -0.2) is 71.6 Å². The molecule has 0 aromatic carbocycles. The lowest BCUT2D eigenvalue weighted by Gasteiger charge is -2.47. The van der Waals surface area contributed by atoms with Crippen LogP contribution in [0.1, 0.15) is 34.6 Å². The summed E-state index contributed by atoms with van der Waals surface area (Å²) in [5, 5.41) is 0.0846. The summed E-state index contributed by atoms with van der Waals surface area (Å²) < 4.78 is 37.3. The first kappa shape index (κ1) is 28.2. The van der Waals surface area contributed by atoms with Crippen LogP contribution in [0, 0.1) is 0 Å². The quantitative estimate of drug-likeness (QED) is 0.274. The van der Waals surface area contributed by atoms with E-state index in [1.807, 2.05) is 13.8 Å². The van der Waals surface area contributed by atoms with Gasteiger partial charge in [-0.05, 0) is 32.0 Å². The minimum atomic E-state index is -1.99. The largest absolute Gasteiger partial charge is 0.414 e. The van der Waals surface area contributed by atoms with Crippen LogP contribution in [0.15, 0.2) is 38.0 Å². The maximum atomic E-state index is 6.49. The number of hydrogen-bond acceptors (Lipinski definition) is 6. The molecule has 1 saturated heterocycles. The van der Waals surface area contributed by atoms with Crippen molar-refractivity contribution in [3.63, 3.8) is 0 Å². The molecule has 31 heavy (non-hydrogen) atoms. The third-order valence-corrected chi connectivity index (χ3v) is 10.1. The molecule has 0 bridgehead atoms. The van der Waals surface area contributed by atoms with E-state index in [9.17, 15) is 0 Å². The lowest BCUT2D eigenvalue weighted by Crippen LogP contribution is -2.63. The van der Waals surface area contributed by atoms with E-state index in [-0.39, 0.29) is 17.2 Å². The summed E-state index contributed by atoms with van der Waals surface area (Å²) in [6, 6.07) is 0. The van der Waals surface area contributed by atoms with Crippen LogP contribution >= 0.6 is 0 Å². The maximum Gasteiger partial charge on any atom is 0.192 e. The lowest BCUT2D eigenvalue weighted by molar-refractivity contribution is -0.324. The lowest BCUT2D eigenvalue weighted by atomic mass is 9.98. The molecule has 6 nitrogen and oxygen atoms in total. The SMILES string of the molecule is C=CCO[C@H]1[C@H](OCC=C)[C@@H](OCC=C)C(OC(C)C)O[C@@H]1CO[Si](C)(C)C(C)(C)C. The second kappa shape index (κ2) is 13.0. The molecule has 1 unspecified atom stereocenters. The van der Waals surface area contributed by atoms with Crippen molar-refractivity contribution in [1.82, 2.24) is 0 Å². The average Bonchev–Trinajstić information content (AvgIpc) is 2.67. The monoisotopic (exact) mass is 456 g/mol. The molecule has 1 fully saturated rings. The summed E-state index contributed by atoms with van der Waals surface area (Å²) in [6.07, 6.45) is 2.75. The van der Waals surface area contributed by atoms with Gasteiger partial charge in [0.2, 0.25) is 0 Å². The van der Waals surface area contributed by atoms with E-state index in [1.54, 1.807) is 18.2 Å². The summed E-state index contributed by atoms with van der Waals surface area (Å²) >= 11 is 0. The number of ether oxygens (including phenoxy) is 5.